The van der Waals surface area contributed by atoms with Gasteiger partial charge in [0.15, 0.2) is 0 Å². The molecular weight excluding hydrogens is 318 g/mol. The van der Waals surface area contributed by atoms with Gasteiger partial charge < -0.3 is 0 Å². The van der Waals surface area contributed by atoms with Crippen LogP contribution in [0.3, 0.4) is 0 Å². The molecule has 2 heterocycles. The number of hydrogen-bond donors (Lipinski definition) is 0. The maximum absolute atomic E-state index is 11.3. The van der Waals surface area contributed by atoms with Crippen molar-refractivity contribution in [2.24, 2.45) is 0 Å². The van der Waals surface area contributed by atoms with Crippen LogP contribution in [0.5, 0.6) is 0 Å². The third-order valence-corrected chi connectivity index (χ3v) is 6.70. The first-order chi connectivity index (χ1) is 10.5. The van der Waals surface area contributed by atoms with Crippen LogP contribution in [0.1, 0.15) is 49.8 Å². The molecule has 2 aliphatic rings. The van der Waals surface area contributed by atoms with E-state index in [0.29, 0.717) is 0 Å². The number of nitrogens with zero attached hydrogens (tertiary/aromatic N) is 1. The van der Waals surface area contributed by atoms with Crippen molar-refractivity contribution in [1.29, 1.82) is 0 Å². The zero-order valence-corrected chi connectivity index (χ0v) is 14.8. The number of hydrogen-bond acceptors (Lipinski definition) is 5. The van der Waals surface area contributed by atoms with Crippen LogP contribution in [0.25, 0.3) is 0 Å². The molecule has 1 saturated carbocycles. The zero-order chi connectivity index (χ0) is 15.6. The molecule has 2 fully saturated rings. The van der Waals surface area contributed by atoms with Gasteiger partial charge in [-0.1, -0.05) is 25.3 Å². The SMILES string of the molecule is CS(=O)(=O)OC1CCN(C2(c3cccs3)CCCCC2)CC1. The molecule has 3 rings (SSSR count). The maximum atomic E-state index is 11.3. The van der Waals surface area contributed by atoms with Crippen molar-refractivity contribution in [1.82, 2.24) is 4.90 Å². The zero-order valence-electron chi connectivity index (χ0n) is 13.2. The van der Waals surface area contributed by atoms with E-state index in [9.17, 15) is 8.42 Å². The Labute approximate surface area is 137 Å². The van der Waals surface area contributed by atoms with Crippen LogP contribution in [-0.2, 0) is 19.8 Å². The molecule has 1 aromatic heterocycles. The molecule has 0 bridgehead atoms. The highest BCUT2D eigenvalue weighted by Crippen LogP contribution is 2.45. The van der Waals surface area contributed by atoms with E-state index in [2.05, 4.69) is 22.4 Å². The fourth-order valence-corrected chi connectivity index (χ4v) is 5.73. The second-order valence-corrected chi connectivity index (χ2v) is 9.10. The number of rotatable bonds is 4. The molecule has 1 aliphatic carbocycles. The van der Waals surface area contributed by atoms with Crippen molar-refractivity contribution < 1.29 is 12.6 Å². The topological polar surface area (TPSA) is 46.6 Å². The molecule has 1 saturated heterocycles. The molecule has 1 aromatic rings. The van der Waals surface area contributed by atoms with E-state index < -0.39 is 10.1 Å². The average Bonchev–Trinajstić information content (AvgIpc) is 3.02. The van der Waals surface area contributed by atoms with Gasteiger partial charge in [-0.25, -0.2) is 0 Å². The molecule has 124 valence electrons. The van der Waals surface area contributed by atoms with Crippen LogP contribution in [-0.4, -0.2) is 38.8 Å². The summed E-state index contributed by atoms with van der Waals surface area (Å²) in [6.07, 6.45) is 8.98. The highest BCUT2D eigenvalue weighted by Gasteiger charge is 2.42. The number of piperidine rings is 1. The van der Waals surface area contributed by atoms with Gasteiger partial charge in [-0.05, 0) is 37.1 Å². The monoisotopic (exact) mass is 343 g/mol. The summed E-state index contributed by atoms with van der Waals surface area (Å²) in [6, 6.07) is 4.42. The first-order valence-corrected chi connectivity index (χ1v) is 10.9. The summed E-state index contributed by atoms with van der Waals surface area (Å²) in [7, 11) is -3.34. The molecule has 6 heteroatoms. The van der Waals surface area contributed by atoms with Gasteiger partial charge in [0.05, 0.1) is 17.9 Å². The van der Waals surface area contributed by atoms with E-state index in [-0.39, 0.29) is 11.6 Å². The lowest BCUT2D eigenvalue weighted by molar-refractivity contribution is 0.00256. The highest BCUT2D eigenvalue weighted by atomic mass is 32.2. The van der Waals surface area contributed by atoms with Crippen molar-refractivity contribution in [3.63, 3.8) is 0 Å². The quantitative estimate of drug-likeness (QED) is 0.787. The molecule has 0 atom stereocenters. The van der Waals surface area contributed by atoms with Crippen LogP contribution in [0.2, 0.25) is 0 Å². The van der Waals surface area contributed by atoms with Crippen molar-refractivity contribution in [2.75, 3.05) is 19.3 Å². The molecular formula is C16H25NO3S2. The minimum atomic E-state index is -3.34. The van der Waals surface area contributed by atoms with Crippen LogP contribution in [0, 0.1) is 0 Å². The lowest BCUT2D eigenvalue weighted by Gasteiger charge is -2.48. The normalized spacial score (nSPS) is 24.4. The predicted molar refractivity (Wildman–Crippen MR) is 89.6 cm³/mol. The maximum Gasteiger partial charge on any atom is 0.264 e. The van der Waals surface area contributed by atoms with Gasteiger partial charge in [0.25, 0.3) is 10.1 Å². The van der Waals surface area contributed by atoms with Gasteiger partial charge in [0, 0.05) is 18.0 Å². The molecule has 0 aromatic carbocycles. The molecule has 22 heavy (non-hydrogen) atoms. The smallest absolute Gasteiger partial charge is 0.264 e. The lowest BCUT2D eigenvalue weighted by Crippen LogP contribution is -2.51. The molecule has 0 radical (unpaired) electrons. The minimum absolute atomic E-state index is 0.143. The molecule has 0 spiro atoms. The fourth-order valence-electron chi connectivity index (χ4n) is 4.03. The third-order valence-electron chi connectivity index (χ3n) is 5.02. The lowest BCUT2D eigenvalue weighted by atomic mass is 9.78. The van der Waals surface area contributed by atoms with Gasteiger partial charge in [0.2, 0.25) is 0 Å². The van der Waals surface area contributed by atoms with Gasteiger partial charge in [-0.3, -0.25) is 9.08 Å². The van der Waals surface area contributed by atoms with E-state index in [0.717, 1.165) is 32.2 Å². The second-order valence-electron chi connectivity index (χ2n) is 6.56. The van der Waals surface area contributed by atoms with Gasteiger partial charge in [-0.2, -0.15) is 8.42 Å². The summed E-state index contributed by atoms with van der Waals surface area (Å²) in [4.78, 5) is 4.08. The average molecular weight is 344 g/mol. The first-order valence-electron chi connectivity index (χ1n) is 8.17. The minimum Gasteiger partial charge on any atom is -0.293 e. The fraction of sp³-hybridized carbons (Fsp3) is 0.750. The molecule has 4 nitrogen and oxygen atoms in total. The first kappa shape index (κ1) is 16.4. The van der Waals surface area contributed by atoms with Gasteiger partial charge >= 0.3 is 0 Å². The standard InChI is InChI=1S/C16H25NO3S2/c1-22(18,19)20-14-7-11-17(12-8-14)16(9-3-2-4-10-16)15-6-5-13-21-15/h5-6,13-14H,2-4,7-12H2,1H3. The van der Waals surface area contributed by atoms with Gasteiger partial charge in [-0.15, -0.1) is 11.3 Å². The van der Waals surface area contributed by atoms with Crippen LogP contribution < -0.4 is 0 Å². The second kappa shape index (κ2) is 6.59. The van der Waals surface area contributed by atoms with Crippen molar-refractivity contribution in [3.05, 3.63) is 22.4 Å². The largest absolute Gasteiger partial charge is 0.293 e. The molecule has 0 amide bonds. The Bertz CT molecular complexity index is 569. The summed E-state index contributed by atoms with van der Waals surface area (Å²) in [5.74, 6) is 0. The Hall–Kier alpha value is -0.430. The summed E-state index contributed by atoms with van der Waals surface area (Å²) in [6.45, 7) is 1.86. The van der Waals surface area contributed by atoms with Crippen LogP contribution >= 0.6 is 11.3 Å². The Morgan fingerprint density at radius 3 is 2.45 bits per heavy atom. The van der Waals surface area contributed by atoms with E-state index in [1.807, 2.05) is 11.3 Å². The van der Waals surface area contributed by atoms with E-state index >= 15 is 0 Å². The number of likely N-dealkylation sites (tertiary alicyclic amines) is 1. The van der Waals surface area contributed by atoms with E-state index in [4.69, 9.17) is 4.18 Å². The molecule has 0 unspecified atom stereocenters. The Balaban J connectivity index is 1.72. The Morgan fingerprint density at radius 2 is 1.91 bits per heavy atom. The predicted octanol–water partition coefficient (Wildman–Crippen LogP) is 3.35. The van der Waals surface area contributed by atoms with Crippen molar-refractivity contribution in [3.8, 4) is 0 Å². The molecule has 0 N–H and O–H groups in total. The summed E-state index contributed by atoms with van der Waals surface area (Å²) in [5.41, 5.74) is 0.183. The van der Waals surface area contributed by atoms with Crippen molar-refractivity contribution in [2.45, 2.75) is 56.6 Å². The van der Waals surface area contributed by atoms with Crippen LogP contribution in [0.15, 0.2) is 17.5 Å². The van der Waals surface area contributed by atoms with E-state index in [1.165, 1.54) is 37.0 Å². The number of thiophene rings is 1. The summed E-state index contributed by atoms with van der Waals surface area (Å²) >= 11 is 1.86. The highest BCUT2D eigenvalue weighted by molar-refractivity contribution is 7.86. The van der Waals surface area contributed by atoms with Crippen LogP contribution in [0.4, 0.5) is 0 Å². The molecule has 1 aliphatic heterocycles. The Kier molecular flexibility index (Phi) is 4.92. The van der Waals surface area contributed by atoms with E-state index in [1.54, 1.807) is 0 Å². The van der Waals surface area contributed by atoms with Gasteiger partial charge in [0.1, 0.15) is 0 Å². The Morgan fingerprint density at radius 1 is 1.23 bits per heavy atom. The van der Waals surface area contributed by atoms with Crippen molar-refractivity contribution >= 4 is 21.5 Å². The summed E-state index contributed by atoms with van der Waals surface area (Å²) in [5, 5.41) is 2.17. The third kappa shape index (κ3) is 3.55. The summed E-state index contributed by atoms with van der Waals surface area (Å²) < 4.78 is 27.8.